The molecule has 6 heteroatoms. The molecule has 6 nitrogen and oxygen atoms in total. The van der Waals surface area contributed by atoms with Crippen molar-refractivity contribution in [2.75, 3.05) is 20.1 Å². The second-order valence-corrected chi connectivity index (χ2v) is 12.7. The van der Waals surface area contributed by atoms with E-state index >= 15 is 0 Å². The lowest BCUT2D eigenvalue weighted by Gasteiger charge is -2.61. The molecular weight excluding hydrogens is 426 g/mol. The first kappa shape index (κ1) is 25.9. The summed E-state index contributed by atoms with van der Waals surface area (Å²) in [6, 6.07) is 0.0809. The predicted molar refractivity (Wildman–Crippen MR) is 137 cm³/mol. The quantitative estimate of drug-likeness (QED) is 0.304. The summed E-state index contributed by atoms with van der Waals surface area (Å²) in [6.45, 7) is 12.5. The Balaban J connectivity index is 1.45. The fraction of sp³-hybridized carbons (Fsp3) is 0.929. The predicted octanol–water partition coefficient (Wildman–Crippen LogP) is 5.45. The number of hydrogen-bond donors (Lipinski definition) is 2. The normalized spacial score (nSPS) is 42.1. The molecule has 0 spiro atoms. The third kappa shape index (κ3) is 4.54. The van der Waals surface area contributed by atoms with Crippen LogP contribution in [-0.4, -0.2) is 54.1 Å². The van der Waals surface area contributed by atoms with Gasteiger partial charge in [-0.15, -0.1) is 0 Å². The maximum Gasteiger partial charge on any atom is 0.436 e. The van der Waals surface area contributed by atoms with Gasteiger partial charge in [0.15, 0.2) is 0 Å². The van der Waals surface area contributed by atoms with Crippen LogP contribution in [0.15, 0.2) is 5.16 Å². The van der Waals surface area contributed by atoms with Crippen molar-refractivity contribution >= 4 is 11.8 Å². The number of aliphatic hydroxyl groups is 1. The third-order valence-electron chi connectivity index (χ3n) is 10.9. The van der Waals surface area contributed by atoms with Crippen molar-refractivity contribution in [3.8, 4) is 0 Å². The van der Waals surface area contributed by atoms with Crippen LogP contribution >= 0.6 is 0 Å². The highest BCUT2D eigenvalue weighted by atomic mass is 16.7. The molecule has 0 aromatic rings. The summed E-state index contributed by atoms with van der Waals surface area (Å²) in [5, 5.41) is 17.8. The summed E-state index contributed by atoms with van der Waals surface area (Å²) < 4.78 is 0. The number of rotatable bonds is 6. The molecule has 194 valence electrons. The molecule has 4 aliphatic carbocycles. The summed E-state index contributed by atoms with van der Waals surface area (Å²) >= 11 is 0. The van der Waals surface area contributed by atoms with Gasteiger partial charge < -0.3 is 15.3 Å². The van der Waals surface area contributed by atoms with E-state index in [0.29, 0.717) is 23.8 Å². The van der Waals surface area contributed by atoms with Gasteiger partial charge in [0.05, 0.1) is 11.8 Å². The van der Waals surface area contributed by atoms with E-state index in [4.69, 9.17) is 4.84 Å². The minimum absolute atomic E-state index is 0.0780. The SMILES string of the molecule is CNCCN(C(=O)O/N=C(\C)[C@H]1CC[C@H]2[C@@H]3CC[C@@H]4C[C@H](O)CC[C@]4(C)[C@H]3CC[C@]12C)C(C)C. The Labute approximate surface area is 207 Å². The van der Waals surface area contributed by atoms with Crippen LogP contribution in [0.2, 0.25) is 0 Å². The van der Waals surface area contributed by atoms with E-state index in [1.807, 2.05) is 20.9 Å². The number of carbonyl (C=O) groups excluding carboxylic acids is 1. The molecule has 4 aliphatic rings. The third-order valence-corrected chi connectivity index (χ3v) is 10.9. The van der Waals surface area contributed by atoms with Crippen LogP contribution in [0, 0.1) is 40.4 Å². The van der Waals surface area contributed by atoms with Gasteiger partial charge in [-0.1, -0.05) is 19.0 Å². The fourth-order valence-corrected chi connectivity index (χ4v) is 8.94. The molecule has 0 heterocycles. The van der Waals surface area contributed by atoms with Crippen molar-refractivity contribution in [2.45, 2.75) is 105 Å². The Hall–Kier alpha value is -1.14. The topological polar surface area (TPSA) is 74.2 Å². The minimum Gasteiger partial charge on any atom is -0.393 e. The standard InChI is InChI=1S/C28H49N3O3/c1-18(2)31(16-15-29-6)26(33)34-30-19(3)23-9-10-24-22-8-7-20-17-21(32)11-13-27(20,4)25(22)12-14-28(23,24)5/h18,20-25,29,32H,7-17H2,1-6H3/b30-19+/t20-,21-,22+,23-,24+,25+,27+,28-/m1/s1. The first-order valence-electron chi connectivity index (χ1n) is 14.0. The number of likely N-dealkylation sites (N-methyl/N-ethyl adjacent to an activating group) is 1. The van der Waals surface area contributed by atoms with Crippen LogP contribution in [0.3, 0.4) is 0 Å². The van der Waals surface area contributed by atoms with Crippen LogP contribution in [0.1, 0.15) is 92.4 Å². The molecule has 0 radical (unpaired) electrons. The van der Waals surface area contributed by atoms with E-state index in [-0.39, 0.29) is 23.7 Å². The van der Waals surface area contributed by atoms with Crippen LogP contribution in [0.5, 0.6) is 0 Å². The molecule has 34 heavy (non-hydrogen) atoms. The van der Waals surface area contributed by atoms with Crippen molar-refractivity contribution in [3.63, 3.8) is 0 Å². The van der Waals surface area contributed by atoms with Gasteiger partial charge in [-0.25, -0.2) is 4.79 Å². The number of amides is 1. The molecule has 0 aliphatic heterocycles. The largest absolute Gasteiger partial charge is 0.436 e. The van der Waals surface area contributed by atoms with E-state index < -0.39 is 0 Å². The molecule has 4 fully saturated rings. The monoisotopic (exact) mass is 475 g/mol. The first-order valence-corrected chi connectivity index (χ1v) is 14.0. The number of nitrogens with zero attached hydrogens (tertiary/aromatic N) is 2. The maximum atomic E-state index is 12.7. The van der Waals surface area contributed by atoms with E-state index in [1.165, 1.54) is 38.5 Å². The number of fused-ring (bicyclic) bond motifs is 5. The average Bonchev–Trinajstić information content (AvgIpc) is 3.15. The van der Waals surface area contributed by atoms with E-state index in [1.54, 1.807) is 4.90 Å². The molecule has 2 N–H and O–H groups in total. The lowest BCUT2D eigenvalue weighted by Crippen LogP contribution is -2.54. The fourth-order valence-electron chi connectivity index (χ4n) is 8.94. The van der Waals surface area contributed by atoms with Crippen LogP contribution in [0.25, 0.3) is 0 Å². The number of carbonyl (C=O) groups is 1. The van der Waals surface area contributed by atoms with Gasteiger partial charge in [-0.3, -0.25) is 4.84 Å². The number of hydrogen-bond acceptors (Lipinski definition) is 5. The summed E-state index contributed by atoms with van der Waals surface area (Å²) in [7, 11) is 1.89. The molecular formula is C28H49N3O3. The zero-order valence-electron chi connectivity index (χ0n) is 22.5. The highest BCUT2D eigenvalue weighted by Gasteiger charge is 2.60. The second-order valence-electron chi connectivity index (χ2n) is 12.7. The van der Waals surface area contributed by atoms with Crippen molar-refractivity contribution in [1.82, 2.24) is 10.2 Å². The molecule has 0 bridgehead atoms. The van der Waals surface area contributed by atoms with Crippen molar-refractivity contribution < 1.29 is 14.7 Å². The summed E-state index contributed by atoms with van der Waals surface area (Å²) in [6.07, 6.45) is 10.4. The minimum atomic E-state index is -0.348. The summed E-state index contributed by atoms with van der Waals surface area (Å²) in [4.78, 5) is 19.9. The molecule has 0 unspecified atom stereocenters. The van der Waals surface area contributed by atoms with Gasteiger partial charge in [0.2, 0.25) is 0 Å². The first-order chi connectivity index (χ1) is 16.1. The Kier molecular flexibility index (Phi) is 7.69. The van der Waals surface area contributed by atoms with Gasteiger partial charge >= 0.3 is 6.09 Å². The van der Waals surface area contributed by atoms with Crippen molar-refractivity contribution in [2.24, 2.45) is 45.6 Å². The van der Waals surface area contributed by atoms with Crippen molar-refractivity contribution in [3.05, 3.63) is 0 Å². The van der Waals surface area contributed by atoms with E-state index in [9.17, 15) is 9.90 Å². The zero-order valence-corrected chi connectivity index (χ0v) is 22.5. The van der Waals surface area contributed by atoms with E-state index in [2.05, 4.69) is 31.2 Å². The van der Waals surface area contributed by atoms with Gasteiger partial charge in [-0.2, -0.15) is 0 Å². The highest BCUT2D eigenvalue weighted by molar-refractivity contribution is 5.85. The molecule has 8 atom stereocenters. The lowest BCUT2D eigenvalue weighted by molar-refractivity contribution is -0.123. The van der Waals surface area contributed by atoms with Crippen LogP contribution < -0.4 is 5.32 Å². The number of oxime groups is 1. The molecule has 0 aromatic heterocycles. The molecule has 4 saturated carbocycles. The Morgan fingerprint density at radius 2 is 1.79 bits per heavy atom. The Bertz CT molecular complexity index is 770. The van der Waals surface area contributed by atoms with Gasteiger partial charge in [-0.05, 0) is 120 Å². The van der Waals surface area contributed by atoms with Crippen molar-refractivity contribution in [1.29, 1.82) is 0 Å². The van der Waals surface area contributed by atoms with Gasteiger partial charge in [0.25, 0.3) is 0 Å². The zero-order chi connectivity index (χ0) is 24.7. The van der Waals surface area contributed by atoms with Gasteiger partial charge in [0.1, 0.15) is 0 Å². The smallest absolute Gasteiger partial charge is 0.393 e. The van der Waals surface area contributed by atoms with Crippen LogP contribution in [0.4, 0.5) is 4.79 Å². The average molecular weight is 476 g/mol. The molecule has 0 saturated heterocycles. The Morgan fingerprint density at radius 1 is 1.09 bits per heavy atom. The summed E-state index contributed by atoms with van der Waals surface area (Å²) in [5.74, 6) is 3.44. The van der Waals surface area contributed by atoms with Crippen LogP contribution in [-0.2, 0) is 4.84 Å². The Morgan fingerprint density at radius 3 is 2.50 bits per heavy atom. The van der Waals surface area contributed by atoms with Gasteiger partial charge in [0, 0.05) is 25.0 Å². The maximum absolute atomic E-state index is 12.7. The molecule has 1 amide bonds. The summed E-state index contributed by atoms with van der Waals surface area (Å²) in [5.41, 5.74) is 1.66. The lowest BCUT2D eigenvalue weighted by atomic mass is 9.44. The molecule has 0 aromatic carbocycles. The van der Waals surface area contributed by atoms with E-state index in [0.717, 1.165) is 49.3 Å². The molecule has 4 rings (SSSR count). The number of aliphatic hydroxyl groups excluding tert-OH is 1. The second kappa shape index (κ2) is 10.1. The number of nitrogens with one attached hydrogen (secondary N) is 1. The highest BCUT2D eigenvalue weighted by Crippen LogP contribution is 2.67.